The van der Waals surface area contributed by atoms with Crippen LogP contribution >= 0.6 is 10.8 Å². The molecule has 1 aromatic carbocycles. The van der Waals surface area contributed by atoms with Crippen LogP contribution in [0.1, 0.15) is 22.8 Å². The first kappa shape index (κ1) is 16.8. The third kappa shape index (κ3) is 5.42. The summed E-state index contributed by atoms with van der Waals surface area (Å²) in [6.45, 7) is 4.08. The summed E-state index contributed by atoms with van der Waals surface area (Å²) in [7, 11) is -2.22. The molecular weight excluding hydrogens is 300 g/mol. The van der Waals surface area contributed by atoms with E-state index in [9.17, 15) is 13.2 Å². The van der Waals surface area contributed by atoms with Crippen LogP contribution in [0.15, 0.2) is 18.2 Å². The maximum absolute atomic E-state index is 11.7. The van der Waals surface area contributed by atoms with Crippen molar-refractivity contribution in [2.24, 2.45) is 0 Å². The lowest BCUT2D eigenvalue weighted by atomic mass is 10.1. The van der Waals surface area contributed by atoms with Gasteiger partial charge in [0.05, 0.1) is 18.8 Å². The standard InChI is InChI=1S/C13H18O5S2/c1-4-17-13(14)11-6-5-7-12(10(11)2)18-8-9-19-20(3,15)16/h5-7H,4,8-9H2,1-3H3. The highest BCUT2D eigenvalue weighted by Crippen LogP contribution is 2.22. The highest BCUT2D eigenvalue weighted by Gasteiger charge is 2.13. The molecule has 1 rings (SSSR count). The van der Waals surface area contributed by atoms with Crippen molar-refractivity contribution in [1.29, 1.82) is 0 Å². The molecule has 0 amide bonds. The molecular formula is C13H18O5S2. The van der Waals surface area contributed by atoms with Gasteiger partial charge >= 0.3 is 5.97 Å². The lowest BCUT2D eigenvalue weighted by Crippen LogP contribution is -2.09. The van der Waals surface area contributed by atoms with E-state index in [4.69, 9.17) is 9.47 Å². The molecule has 0 fully saturated rings. The van der Waals surface area contributed by atoms with E-state index in [1.807, 2.05) is 0 Å². The first-order valence-electron chi connectivity index (χ1n) is 6.09. The van der Waals surface area contributed by atoms with Crippen molar-refractivity contribution in [2.45, 2.75) is 13.8 Å². The van der Waals surface area contributed by atoms with Gasteiger partial charge in [0.25, 0.3) is 0 Å². The van der Waals surface area contributed by atoms with Gasteiger partial charge in [0.2, 0.25) is 0 Å². The number of esters is 1. The zero-order chi connectivity index (χ0) is 15.2. The van der Waals surface area contributed by atoms with Crippen LogP contribution in [0.4, 0.5) is 0 Å². The zero-order valence-corrected chi connectivity index (χ0v) is 13.3. The molecule has 112 valence electrons. The maximum Gasteiger partial charge on any atom is 0.338 e. The number of hydrogen-bond donors (Lipinski definition) is 0. The van der Waals surface area contributed by atoms with Gasteiger partial charge in [-0.15, -0.1) is 0 Å². The third-order valence-electron chi connectivity index (χ3n) is 2.42. The molecule has 5 nitrogen and oxygen atoms in total. The Labute approximate surface area is 123 Å². The first-order valence-corrected chi connectivity index (χ1v) is 9.48. The van der Waals surface area contributed by atoms with E-state index in [0.29, 0.717) is 29.2 Å². The Balaban J connectivity index is 2.67. The second-order valence-corrected chi connectivity index (χ2v) is 8.60. The van der Waals surface area contributed by atoms with Gasteiger partial charge in [-0.2, -0.15) is 0 Å². The summed E-state index contributed by atoms with van der Waals surface area (Å²) in [5.74, 6) is 0.507. The average molecular weight is 318 g/mol. The van der Waals surface area contributed by atoms with E-state index in [0.717, 1.165) is 17.0 Å². The molecule has 0 heterocycles. The predicted octanol–water partition coefficient (Wildman–Crippen LogP) is 2.24. The number of hydrogen-bond acceptors (Lipinski definition) is 6. The van der Waals surface area contributed by atoms with Crippen molar-refractivity contribution < 1.29 is 22.7 Å². The lowest BCUT2D eigenvalue weighted by Gasteiger charge is -2.11. The van der Waals surface area contributed by atoms with E-state index in [-0.39, 0.29) is 12.6 Å². The molecule has 0 aliphatic heterocycles. The Morgan fingerprint density at radius 1 is 1.35 bits per heavy atom. The normalized spacial score (nSPS) is 11.2. The third-order valence-corrected chi connectivity index (χ3v) is 4.96. The fourth-order valence-corrected chi connectivity index (χ4v) is 3.10. The topological polar surface area (TPSA) is 69.7 Å². The van der Waals surface area contributed by atoms with Gasteiger partial charge in [0, 0.05) is 17.6 Å². The molecule has 20 heavy (non-hydrogen) atoms. The fourth-order valence-electron chi connectivity index (χ4n) is 1.54. The van der Waals surface area contributed by atoms with Gasteiger partial charge in [-0.1, -0.05) is 6.07 Å². The summed E-state index contributed by atoms with van der Waals surface area (Å²) in [6.07, 6.45) is 1.16. The second-order valence-electron chi connectivity index (χ2n) is 4.02. The smallest absolute Gasteiger partial charge is 0.338 e. The number of ether oxygens (including phenoxy) is 2. The fraction of sp³-hybridized carbons (Fsp3) is 0.462. The predicted molar refractivity (Wildman–Crippen MR) is 79.9 cm³/mol. The first-order chi connectivity index (χ1) is 9.35. The van der Waals surface area contributed by atoms with Crippen molar-refractivity contribution in [3.8, 4) is 5.75 Å². The van der Waals surface area contributed by atoms with Gasteiger partial charge in [-0.05, 0) is 36.8 Å². The minimum atomic E-state index is -3.06. The molecule has 0 aliphatic rings. The highest BCUT2D eigenvalue weighted by molar-refractivity contribution is 8.71. The van der Waals surface area contributed by atoms with E-state index in [1.165, 1.54) is 0 Å². The van der Waals surface area contributed by atoms with Gasteiger partial charge in [-0.25, -0.2) is 13.2 Å². The van der Waals surface area contributed by atoms with E-state index < -0.39 is 8.87 Å². The van der Waals surface area contributed by atoms with Crippen LogP contribution < -0.4 is 4.74 Å². The van der Waals surface area contributed by atoms with Crippen molar-refractivity contribution >= 4 is 25.6 Å². The van der Waals surface area contributed by atoms with Gasteiger partial charge in [0.1, 0.15) is 5.75 Å². The second kappa shape index (κ2) is 7.54. The molecule has 0 unspecified atom stereocenters. The number of benzene rings is 1. The Kier molecular flexibility index (Phi) is 6.35. The van der Waals surface area contributed by atoms with E-state index in [2.05, 4.69) is 0 Å². The summed E-state index contributed by atoms with van der Waals surface area (Å²) >= 11 is 0. The van der Waals surface area contributed by atoms with Crippen LogP contribution in [0.2, 0.25) is 0 Å². The van der Waals surface area contributed by atoms with Crippen LogP contribution in [0.25, 0.3) is 0 Å². The molecule has 0 N–H and O–H groups in total. The van der Waals surface area contributed by atoms with Crippen LogP contribution in [-0.4, -0.2) is 39.6 Å². The molecule has 0 saturated heterocycles. The Bertz CT molecular complexity index is 566. The number of rotatable bonds is 7. The van der Waals surface area contributed by atoms with Gasteiger partial charge < -0.3 is 9.47 Å². The molecule has 0 bridgehead atoms. The molecule has 0 spiro atoms. The molecule has 0 atom stereocenters. The van der Waals surface area contributed by atoms with E-state index in [1.54, 1.807) is 32.0 Å². The summed E-state index contributed by atoms with van der Waals surface area (Å²) < 4.78 is 32.4. The maximum atomic E-state index is 11.7. The van der Waals surface area contributed by atoms with Gasteiger partial charge in [0.15, 0.2) is 8.87 Å². The van der Waals surface area contributed by atoms with Crippen molar-refractivity contribution in [1.82, 2.24) is 0 Å². The quantitative estimate of drug-likeness (QED) is 0.436. The minimum Gasteiger partial charge on any atom is -0.492 e. The SMILES string of the molecule is CCOC(=O)c1cccc(OCCSS(C)(=O)=O)c1C. The molecule has 0 aliphatic carbocycles. The van der Waals surface area contributed by atoms with E-state index >= 15 is 0 Å². The van der Waals surface area contributed by atoms with Crippen LogP contribution in [0.3, 0.4) is 0 Å². The minimum absolute atomic E-state index is 0.255. The Hall–Kier alpha value is -1.21. The number of carbonyl (C=O) groups excluding carboxylic acids is 1. The Morgan fingerprint density at radius 2 is 2.05 bits per heavy atom. The van der Waals surface area contributed by atoms with Crippen molar-refractivity contribution in [2.75, 3.05) is 25.2 Å². The van der Waals surface area contributed by atoms with Crippen LogP contribution in [0.5, 0.6) is 5.75 Å². The van der Waals surface area contributed by atoms with Crippen molar-refractivity contribution in [3.05, 3.63) is 29.3 Å². The van der Waals surface area contributed by atoms with Crippen LogP contribution in [0, 0.1) is 6.92 Å². The average Bonchev–Trinajstić information content (AvgIpc) is 2.35. The number of carbonyl (C=O) groups is 1. The molecule has 0 radical (unpaired) electrons. The summed E-state index contributed by atoms with van der Waals surface area (Å²) in [5, 5.41) is 0. The summed E-state index contributed by atoms with van der Waals surface area (Å²) in [5.41, 5.74) is 1.15. The molecule has 0 aromatic heterocycles. The van der Waals surface area contributed by atoms with Crippen molar-refractivity contribution in [3.63, 3.8) is 0 Å². The molecule has 0 saturated carbocycles. The monoisotopic (exact) mass is 318 g/mol. The lowest BCUT2D eigenvalue weighted by molar-refractivity contribution is 0.0525. The molecule has 1 aromatic rings. The summed E-state index contributed by atoms with van der Waals surface area (Å²) in [4.78, 5) is 11.7. The Morgan fingerprint density at radius 3 is 2.65 bits per heavy atom. The summed E-state index contributed by atoms with van der Waals surface area (Å²) in [6, 6.07) is 5.12. The largest absolute Gasteiger partial charge is 0.492 e. The van der Waals surface area contributed by atoms with Crippen LogP contribution in [-0.2, 0) is 13.6 Å². The molecule has 7 heteroatoms. The van der Waals surface area contributed by atoms with Gasteiger partial charge in [-0.3, -0.25) is 0 Å². The zero-order valence-electron chi connectivity index (χ0n) is 11.7. The highest BCUT2D eigenvalue weighted by atomic mass is 33.1.